The summed E-state index contributed by atoms with van der Waals surface area (Å²) in [6.07, 6.45) is 2.71. The van der Waals surface area contributed by atoms with Crippen molar-refractivity contribution in [3.8, 4) is 0 Å². The van der Waals surface area contributed by atoms with Gasteiger partial charge in [0.15, 0.2) is 0 Å². The van der Waals surface area contributed by atoms with E-state index < -0.39 is 5.51 Å². The van der Waals surface area contributed by atoms with Crippen LogP contribution in [0.2, 0.25) is 0 Å². The summed E-state index contributed by atoms with van der Waals surface area (Å²) in [6, 6.07) is 0. The third-order valence-electron chi connectivity index (χ3n) is 0.409. The summed E-state index contributed by atoms with van der Waals surface area (Å²) in [6.45, 7) is 1.63. The van der Waals surface area contributed by atoms with Crippen LogP contribution in [-0.2, 0) is 0 Å². The molecule has 0 saturated carbocycles. The fourth-order valence-corrected chi connectivity index (χ4v) is 0.507. The van der Waals surface area contributed by atoms with Crippen LogP contribution in [-0.4, -0.2) is 5.51 Å². The van der Waals surface area contributed by atoms with Gasteiger partial charge in [-0.15, -0.1) is 0 Å². The largest absolute Gasteiger partial charge is 0.461 e. The second-order valence-electron chi connectivity index (χ2n) is 1.17. The van der Waals surface area contributed by atoms with Gasteiger partial charge in [0.05, 0.1) is 11.9 Å². The van der Waals surface area contributed by atoms with Gasteiger partial charge in [-0.25, -0.2) is 0 Å². The van der Waals surface area contributed by atoms with Crippen LogP contribution in [0.5, 0.6) is 0 Å². The van der Waals surface area contributed by atoms with Gasteiger partial charge < -0.3 is 4.72 Å². The van der Waals surface area contributed by atoms with Gasteiger partial charge in [0.2, 0.25) is 0 Å². The van der Waals surface area contributed by atoms with Gasteiger partial charge in [0.25, 0.3) is 0 Å². The third kappa shape index (κ3) is 7.68. The van der Waals surface area contributed by atoms with Gasteiger partial charge in [-0.1, -0.05) is 6.08 Å². The molecule has 0 atom stereocenters. The summed E-state index contributed by atoms with van der Waals surface area (Å²) in [4.78, 5) is 0. The fraction of sp³-hybridized carbons (Fsp3) is 0.500. The molecule has 0 spiro atoms. The second kappa shape index (κ2) is 3.66. The number of hydrogen-bond donors (Lipinski definition) is 1. The SMILES string of the molecule is C/C=C\NSC(F)(F)F. The van der Waals surface area contributed by atoms with E-state index >= 15 is 0 Å². The Labute approximate surface area is 55.4 Å². The number of rotatable bonds is 2. The minimum atomic E-state index is -4.19. The number of halogens is 3. The van der Waals surface area contributed by atoms with Gasteiger partial charge in [-0.3, -0.25) is 0 Å². The minimum Gasteiger partial charge on any atom is -0.330 e. The Kier molecular flexibility index (Phi) is 3.53. The summed E-state index contributed by atoms with van der Waals surface area (Å²) in [5.41, 5.74) is -4.19. The van der Waals surface area contributed by atoms with Crippen molar-refractivity contribution >= 4 is 11.9 Å². The lowest BCUT2D eigenvalue weighted by molar-refractivity contribution is -0.0333. The second-order valence-corrected chi connectivity index (χ2v) is 2.07. The van der Waals surface area contributed by atoms with Crippen LogP contribution in [0.1, 0.15) is 6.92 Å². The van der Waals surface area contributed by atoms with Crippen molar-refractivity contribution in [2.45, 2.75) is 12.4 Å². The Hall–Kier alpha value is -0.320. The van der Waals surface area contributed by atoms with E-state index in [1.54, 1.807) is 6.92 Å². The molecule has 5 heteroatoms. The molecule has 0 aliphatic heterocycles. The van der Waals surface area contributed by atoms with Crippen LogP contribution in [0.25, 0.3) is 0 Å². The quantitative estimate of drug-likeness (QED) is 0.617. The summed E-state index contributed by atoms with van der Waals surface area (Å²) in [5, 5.41) is 0. The highest BCUT2D eigenvalue weighted by Gasteiger charge is 2.27. The molecule has 0 radical (unpaired) electrons. The molecule has 1 N–H and O–H groups in total. The van der Waals surface area contributed by atoms with Crippen molar-refractivity contribution in [3.63, 3.8) is 0 Å². The average molecular weight is 157 g/mol. The molecule has 0 aromatic heterocycles. The van der Waals surface area contributed by atoms with E-state index in [1.807, 2.05) is 4.72 Å². The minimum absolute atomic E-state index is 0.279. The van der Waals surface area contributed by atoms with Gasteiger partial charge in [0, 0.05) is 6.20 Å². The molecule has 0 unspecified atom stereocenters. The molecule has 0 aliphatic rings. The zero-order valence-corrected chi connectivity index (χ0v) is 5.51. The summed E-state index contributed by atoms with van der Waals surface area (Å²) in [5.74, 6) is 0. The highest BCUT2D eigenvalue weighted by molar-refractivity contribution is 7.98. The Bertz CT molecular complexity index is 98.5. The topological polar surface area (TPSA) is 12.0 Å². The Balaban J connectivity index is 3.28. The van der Waals surface area contributed by atoms with Gasteiger partial charge >= 0.3 is 5.51 Å². The maximum Gasteiger partial charge on any atom is 0.461 e. The molecule has 9 heavy (non-hydrogen) atoms. The molecule has 54 valence electrons. The van der Waals surface area contributed by atoms with E-state index in [0.717, 1.165) is 0 Å². The molecular formula is C4H6F3NS. The molecule has 0 fully saturated rings. The maximum absolute atomic E-state index is 11.2. The molecular weight excluding hydrogens is 151 g/mol. The monoisotopic (exact) mass is 157 g/mol. The predicted octanol–water partition coefficient (Wildman–Crippen LogP) is 2.28. The lowest BCUT2D eigenvalue weighted by Gasteiger charge is -2.02. The standard InChI is InChI=1S/C4H6F3NS/c1-2-3-8-9-4(5,6)7/h2-3,8H,1H3/b3-2-. The van der Waals surface area contributed by atoms with Crippen molar-refractivity contribution < 1.29 is 13.2 Å². The summed E-state index contributed by atoms with van der Waals surface area (Å²) >= 11 is -0.279. The van der Waals surface area contributed by atoms with Gasteiger partial charge in [-0.05, 0) is 6.92 Å². The van der Waals surface area contributed by atoms with Gasteiger partial charge in [-0.2, -0.15) is 13.2 Å². The van der Waals surface area contributed by atoms with E-state index in [1.165, 1.54) is 12.3 Å². The Morgan fingerprint density at radius 1 is 1.44 bits per heavy atom. The van der Waals surface area contributed by atoms with Crippen LogP contribution < -0.4 is 4.72 Å². The predicted molar refractivity (Wildman–Crippen MR) is 31.6 cm³/mol. The third-order valence-corrected chi connectivity index (χ3v) is 0.895. The normalized spacial score (nSPS) is 12.4. The zero-order chi connectivity index (χ0) is 7.33. The van der Waals surface area contributed by atoms with Crippen molar-refractivity contribution in [3.05, 3.63) is 12.3 Å². The lowest BCUT2D eigenvalue weighted by atomic mass is 10.7. The molecule has 0 rings (SSSR count). The number of nitrogens with one attached hydrogen (secondary N) is 1. The van der Waals surface area contributed by atoms with Crippen LogP contribution >= 0.6 is 11.9 Å². The van der Waals surface area contributed by atoms with Crippen molar-refractivity contribution in [2.24, 2.45) is 0 Å². The zero-order valence-electron chi connectivity index (χ0n) is 4.70. The molecule has 0 saturated heterocycles. The number of allylic oxidation sites excluding steroid dienone is 1. The smallest absolute Gasteiger partial charge is 0.330 e. The van der Waals surface area contributed by atoms with Crippen LogP contribution in [0, 0.1) is 0 Å². The first kappa shape index (κ1) is 8.68. The first-order valence-electron chi connectivity index (χ1n) is 2.17. The van der Waals surface area contributed by atoms with Crippen LogP contribution in [0.15, 0.2) is 12.3 Å². The lowest BCUT2D eigenvalue weighted by Crippen LogP contribution is -2.07. The Morgan fingerprint density at radius 2 is 2.00 bits per heavy atom. The molecule has 0 bridgehead atoms. The molecule has 0 heterocycles. The van der Waals surface area contributed by atoms with E-state index in [0.29, 0.717) is 0 Å². The molecule has 0 aromatic rings. The van der Waals surface area contributed by atoms with Crippen molar-refractivity contribution in [1.29, 1.82) is 0 Å². The molecule has 0 amide bonds. The number of alkyl halides is 3. The van der Waals surface area contributed by atoms with E-state index in [2.05, 4.69) is 0 Å². The number of hydrogen-bond acceptors (Lipinski definition) is 2. The van der Waals surface area contributed by atoms with Crippen LogP contribution in [0.3, 0.4) is 0 Å². The molecule has 0 aromatic carbocycles. The van der Waals surface area contributed by atoms with Crippen molar-refractivity contribution in [2.75, 3.05) is 0 Å². The van der Waals surface area contributed by atoms with Gasteiger partial charge in [0.1, 0.15) is 0 Å². The van der Waals surface area contributed by atoms with Crippen LogP contribution in [0.4, 0.5) is 13.2 Å². The highest BCUT2D eigenvalue weighted by atomic mass is 32.2. The fourth-order valence-electron chi connectivity index (χ4n) is 0.169. The summed E-state index contributed by atoms with van der Waals surface area (Å²) in [7, 11) is 0. The summed E-state index contributed by atoms with van der Waals surface area (Å²) < 4.78 is 35.7. The van der Waals surface area contributed by atoms with E-state index in [4.69, 9.17) is 0 Å². The molecule has 1 nitrogen and oxygen atoms in total. The van der Waals surface area contributed by atoms with E-state index in [9.17, 15) is 13.2 Å². The first-order chi connectivity index (χ1) is 4.06. The maximum atomic E-state index is 11.2. The first-order valence-corrected chi connectivity index (χ1v) is 2.99. The van der Waals surface area contributed by atoms with Crippen molar-refractivity contribution in [1.82, 2.24) is 4.72 Å². The average Bonchev–Trinajstić information content (AvgIpc) is 1.63. The highest BCUT2D eigenvalue weighted by Crippen LogP contribution is 2.26. The van der Waals surface area contributed by atoms with E-state index in [-0.39, 0.29) is 11.9 Å². The Morgan fingerprint density at radius 3 is 2.33 bits per heavy atom. The molecule has 0 aliphatic carbocycles.